The van der Waals surface area contributed by atoms with Crippen LogP contribution >= 0.6 is 0 Å². The zero-order valence-electron chi connectivity index (χ0n) is 9.19. The Labute approximate surface area is 94.2 Å². The molecule has 1 aromatic carbocycles. The fourth-order valence-electron chi connectivity index (χ4n) is 2.03. The van der Waals surface area contributed by atoms with Gasteiger partial charge in [-0.2, -0.15) is 0 Å². The number of nitrogens with one attached hydrogen (secondary N) is 1. The van der Waals surface area contributed by atoms with Crippen LogP contribution < -0.4 is 5.32 Å². The van der Waals surface area contributed by atoms with Crippen LogP contribution in [0.4, 0.5) is 0 Å². The van der Waals surface area contributed by atoms with E-state index in [1.165, 1.54) is 7.11 Å². The first-order chi connectivity index (χ1) is 7.72. The average Bonchev–Trinajstić information content (AvgIpc) is 2.82. The molecule has 0 amide bonds. The van der Waals surface area contributed by atoms with Gasteiger partial charge < -0.3 is 15.2 Å². The van der Waals surface area contributed by atoms with E-state index < -0.39 is 0 Å². The number of carbonyl (C=O) groups is 1. The number of hydrogen-bond acceptors (Lipinski definition) is 4. The molecule has 1 aromatic rings. The van der Waals surface area contributed by atoms with E-state index in [2.05, 4.69) is 10.1 Å². The summed E-state index contributed by atoms with van der Waals surface area (Å²) in [6, 6.07) is 4.95. The Morgan fingerprint density at radius 3 is 3.00 bits per heavy atom. The van der Waals surface area contributed by atoms with Gasteiger partial charge in [0, 0.05) is 11.6 Å². The van der Waals surface area contributed by atoms with Gasteiger partial charge >= 0.3 is 5.97 Å². The smallest absolute Gasteiger partial charge is 0.337 e. The highest BCUT2D eigenvalue weighted by Gasteiger charge is 2.20. The summed E-state index contributed by atoms with van der Waals surface area (Å²) in [5.41, 5.74) is 1.25. The van der Waals surface area contributed by atoms with E-state index in [1.807, 2.05) is 0 Å². The van der Waals surface area contributed by atoms with Crippen molar-refractivity contribution in [2.75, 3.05) is 13.7 Å². The molecule has 16 heavy (non-hydrogen) atoms. The number of phenolic OH excluding ortho intramolecular Hbond substituents is 1. The molecule has 1 saturated heterocycles. The number of hydrogen-bond donors (Lipinski definition) is 2. The normalized spacial score (nSPS) is 19.7. The van der Waals surface area contributed by atoms with E-state index in [9.17, 15) is 9.90 Å². The lowest BCUT2D eigenvalue weighted by molar-refractivity contribution is 0.0600. The van der Waals surface area contributed by atoms with Crippen LogP contribution in [-0.2, 0) is 4.74 Å². The van der Waals surface area contributed by atoms with Crippen molar-refractivity contribution >= 4 is 5.97 Å². The molecule has 1 heterocycles. The van der Waals surface area contributed by atoms with Crippen molar-refractivity contribution in [3.05, 3.63) is 29.3 Å². The fraction of sp³-hybridized carbons (Fsp3) is 0.417. The Hall–Kier alpha value is -1.55. The van der Waals surface area contributed by atoms with Crippen molar-refractivity contribution in [1.82, 2.24) is 5.32 Å². The summed E-state index contributed by atoms with van der Waals surface area (Å²) in [5, 5.41) is 13.0. The zero-order chi connectivity index (χ0) is 11.5. The lowest BCUT2D eigenvalue weighted by Crippen LogP contribution is -2.14. The maximum atomic E-state index is 11.4. The minimum atomic E-state index is -0.376. The third kappa shape index (κ3) is 2.02. The molecule has 0 aliphatic carbocycles. The predicted octanol–water partition coefficient (Wildman–Crippen LogP) is 1.60. The van der Waals surface area contributed by atoms with E-state index in [-0.39, 0.29) is 17.8 Å². The number of esters is 1. The highest BCUT2D eigenvalue weighted by atomic mass is 16.5. The van der Waals surface area contributed by atoms with Crippen molar-refractivity contribution in [3.8, 4) is 5.75 Å². The van der Waals surface area contributed by atoms with Crippen LogP contribution in [0.2, 0.25) is 0 Å². The molecule has 0 radical (unpaired) electrons. The highest BCUT2D eigenvalue weighted by molar-refractivity contribution is 5.89. The van der Waals surface area contributed by atoms with Crippen molar-refractivity contribution in [2.45, 2.75) is 18.9 Å². The van der Waals surface area contributed by atoms with Gasteiger partial charge in [0.15, 0.2) is 0 Å². The molecule has 0 saturated carbocycles. The quantitative estimate of drug-likeness (QED) is 0.745. The number of aromatic hydroxyl groups is 1. The third-order valence-electron chi connectivity index (χ3n) is 2.88. The Morgan fingerprint density at radius 1 is 1.56 bits per heavy atom. The number of benzene rings is 1. The molecular weight excluding hydrogens is 206 g/mol. The van der Waals surface area contributed by atoms with Gasteiger partial charge in [-0.15, -0.1) is 0 Å². The molecule has 2 rings (SSSR count). The number of phenols is 1. The highest BCUT2D eigenvalue weighted by Crippen LogP contribution is 2.30. The van der Waals surface area contributed by atoms with Crippen molar-refractivity contribution < 1.29 is 14.6 Å². The van der Waals surface area contributed by atoms with Gasteiger partial charge in [0.25, 0.3) is 0 Å². The topological polar surface area (TPSA) is 58.6 Å². The Kier molecular flexibility index (Phi) is 3.10. The monoisotopic (exact) mass is 221 g/mol. The average molecular weight is 221 g/mol. The van der Waals surface area contributed by atoms with Crippen LogP contribution in [0.5, 0.6) is 5.75 Å². The fourth-order valence-corrected chi connectivity index (χ4v) is 2.03. The minimum absolute atomic E-state index is 0.143. The third-order valence-corrected chi connectivity index (χ3v) is 2.88. The van der Waals surface area contributed by atoms with E-state index >= 15 is 0 Å². The molecule has 4 nitrogen and oxygen atoms in total. The summed E-state index contributed by atoms with van der Waals surface area (Å²) < 4.78 is 4.65. The van der Waals surface area contributed by atoms with Crippen LogP contribution in [0.1, 0.15) is 34.8 Å². The second-order valence-electron chi connectivity index (χ2n) is 3.91. The lowest BCUT2D eigenvalue weighted by atomic mass is 10.0. The number of ether oxygens (including phenoxy) is 1. The van der Waals surface area contributed by atoms with Crippen molar-refractivity contribution in [3.63, 3.8) is 0 Å². The molecule has 0 bridgehead atoms. The Balaban J connectivity index is 2.32. The summed E-state index contributed by atoms with van der Waals surface area (Å²) in [6.45, 7) is 0.951. The van der Waals surface area contributed by atoms with Crippen LogP contribution in [0.15, 0.2) is 18.2 Å². The number of carbonyl (C=O) groups excluding carboxylic acids is 1. The zero-order valence-corrected chi connectivity index (χ0v) is 9.19. The van der Waals surface area contributed by atoms with Gasteiger partial charge in [-0.1, -0.05) is 0 Å². The lowest BCUT2D eigenvalue weighted by Gasteiger charge is -2.13. The second kappa shape index (κ2) is 4.53. The molecule has 1 fully saturated rings. The summed E-state index contributed by atoms with van der Waals surface area (Å²) in [7, 11) is 1.35. The summed E-state index contributed by atoms with van der Waals surface area (Å²) in [5.74, 6) is -0.147. The summed E-state index contributed by atoms with van der Waals surface area (Å²) in [4.78, 5) is 11.4. The standard InChI is InChI=1S/C12H15NO3/c1-16-12(15)8-4-5-11(14)9(7-8)10-3-2-6-13-10/h4-5,7,10,13-14H,2-3,6H2,1H3/t10-/m1/s1. The first-order valence-corrected chi connectivity index (χ1v) is 5.37. The van der Waals surface area contributed by atoms with Crippen LogP contribution in [0.3, 0.4) is 0 Å². The molecule has 0 spiro atoms. The van der Waals surface area contributed by atoms with Gasteiger partial charge in [-0.25, -0.2) is 4.79 Å². The molecule has 0 aromatic heterocycles. The minimum Gasteiger partial charge on any atom is -0.508 e. The Bertz CT molecular complexity index is 397. The van der Waals surface area contributed by atoms with E-state index in [1.54, 1.807) is 18.2 Å². The van der Waals surface area contributed by atoms with E-state index in [4.69, 9.17) is 0 Å². The predicted molar refractivity (Wildman–Crippen MR) is 59.4 cm³/mol. The molecule has 1 atom stereocenters. The van der Waals surface area contributed by atoms with Crippen molar-refractivity contribution in [2.24, 2.45) is 0 Å². The van der Waals surface area contributed by atoms with Gasteiger partial charge in [-0.3, -0.25) is 0 Å². The van der Waals surface area contributed by atoms with E-state index in [0.717, 1.165) is 24.9 Å². The second-order valence-corrected chi connectivity index (χ2v) is 3.91. The van der Waals surface area contributed by atoms with Crippen LogP contribution in [0, 0.1) is 0 Å². The SMILES string of the molecule is COC(=O)c1ccc(O)c([C@H]2CCCN2)c1. The molecule has 2 N–H and O–H groups in total. The van der Waals surface area contributed by atoms with Gasteiger partial charge in [0.2, 0.25) is 0 Å². The number of methoxy groups -OCH3 is 1. The molecule has 86 valence electrons. The number of rotatable bonds is 2. The molecule has 0 unspecified atom stereocenters. The van der Waals surface area contributed by atoms with E-state index in [0.29, 0.717) is 5.56 Å². The van der Waals surface area contributed by atoms with Gasteiger partial charge in [0.1, 0.15) is 5.75 Å². The largest absolute Gasteiger partial charge is 0.508 e. The maximum Gasteiger partial charge on any atom is 0.337 e. The van der Waals surface area contributed by atoms with Crippen LogP contribution in [0.25, 0.3) is 0 Å². The first kappa shape index (κ1) is 11.0. The maximum absolute atomic E-state index is 11.4. The summed E-state index contributed by atoms with van der Waals surface area (Å²) >= 11 is 0. The van der Waals surface area contributed by atoms with Gasteiger partial charge in [0.05, 0.1) is 12.7 Å². The molecule has 1 aliphatic heterocycles. The molecule has 1 aliphatic rings. The summed E-state index contributed by atoms with van der Waals surface area (Å²) in [6.07, 6.45) is 2.07. The van der Waals surface area contributed by atoms with Gasteiger partial charge in [-0.05, 0) is 37.6 Å². The molecule has 4 heteroatoms. The van der Waals surface area contributed by atoms with Crippen LogP contribution in [-0.4, -0.2) is 24.7 Å². The Morgan fingerprint density at radius 2 is 2.38 bits per heavy atom. The molecular formula is C12H15NO3. The first-order valence-electron chi connectivity index (χ1n) is 5.37. The van der Waals surface area contributed by atoms with Crippen molar-refractivity contribution in [1.29, 1.82) is 0 Å².